The quantitative estimate of drug-likeness (QED) is 0.335. The molecule has 0 saturated carbocycles. The molecule has 0 atom stereocenters. The summed E-state index contributed by atoms with van der Waals surface area (Å²) < 4.78 is 5.10. The normalized spacial score (nSPS) is 9.65. The van der Waals surface area contributed by atoms with Gasteiger partial charge in [-0.15, -0.1) is 0 Å². The average molecular weight is 228 g/mol. The van der Waals surface area contributed by atoms with E-state index in [0.717, 1.165) is 5.56 Å². The van der Waals surface area contributed by atoms with Gasteiger partial charge in [-0.2, -0.15) is 5.26 Å². The van der Waals surface area contributed by atoms with E-state index in [1.165, 1.54) is 7.11 Å². The summed E-state index contributed by atoms with van der Waals surface area (Å²) in [6.45, 7) is 0.416. The summed E-state index contributed by atoms with van der Waals surface area (Å²) in [6, 6.07) is 7.52. The summed E-state index contributed by atoms with van der Waals surface area (Å²) in [5.74, 6) is 0.560. The highest BCUT2D eigenvalue weighted by Gasteiger charge is 2.04. The largest absolute Gasteiger partial charge is 0.495 e. The first-order chi connectivity index (χ1) is 8.33. The first-order valence-electron chi connectivity index (χ1n) is 5.08. The molecule has 1 aromatic rings. The van der Waals surface area contributed by atoms with Crippen molar-refractivity contribution in [2.45, 2.75) is 6.42 Å². The Morgan fingerprint density at radius 1 is 1.59 bits per heavy atom. The van der Waals surface area contributed by atoms with Crippen molar-refractivity contribution in [2.24, 2.45) is 5.11 Å². The number of hydrogen-bond acceptors (Lipinski definition) is 3. The van der Waals surface area contributed by atoms with Crippen molar-refractivity contribution in [3.8, 4) is 11.8 Å². The van der Waals surface area contributed by atoms with Crippen LogP contribution >= 0.6 is 0 Å². The summed E-state index contributed by atoms with van der Waals surface area (Å²) >= 11 is 0. The Morgan fingerprint density at radius 3 is 3.06 bits per heavy atom. The van der Waals surface area contributed by atoms with Crippen LogP contribution in [0.3, 0.4) is 0 Å². The van der Waals surface area contributed by atoms with Crippen LogP contribution in [0.15, 0.2) is 29.4 Å². The lowest BCUT2D eigenvalue weighted by atomic mass is 10.1. The third-order valence-electron chi connectivity index (χ3n) is 2.15. The van der Waals surface area contributed by atoms with Crippen molar-refractivity contribution in [1.82, 2.24) is 0 Å². The van der Waals surface area contributed by atoms with Gasteiger partial charge in [0.05, 0.1) is 7.11 Å². The standard InChI is InChI=1S/C12H12N4O/c1-17-12-7-4-6-10(11(12)9-13)5-2-3-8-15-16-14/h2,4-7H,3,8H2,1H3. The molecule has 0 amide bonds. The van der Waals surface area contributed by atoms with E-state index in [2.05, 4.69) is 16.1 Å². The van der Waals surface area contributed by atoms with Crippen molar-refractivity contribution in [3.05, 3.63) is 45.8 Å². The molecule has 0 radical (unpaired) electrons. The molecule has 17 heavy (non-hydrogen) atoms. The number of hydrogen-bond donors (Lipinski definition) is 0. The van der Waals surface area contributed by atoms with Crippen molar-refractivity contribution in [2.75, 3.05) is 13.7 Å². The molecule has 1 aromatic carbocycles. The molecular weight excluding hydrogens is 216 g/mol. The first kappa shape index (κ1) is 12.6. The lowest BCUT2D eigenvalue weighted by molar-refractivity contribution is 0.413. The molecule has 0 saturated heterocycles. The van der Waals surface area contributed by atoms with Crippen LogP contribution in [-0.4, -0.2) is 13.7 Å². The maximum atomic E-state index is 9.04. The van der Waals surface area contributed by atoms with E-state index in [1.807, 2.05) is 24.3 Å². The second kappa shape index (κ2) is 6.94. The van der Waals surface area contributed by atoms with E-state index in [4.69, 9.17) is 15.5 Å². The number of nitriles is 1. The molecule has 0 aliphatic carbocycles. The number of rotatable bonds is 5. The highest BCUT2D eigenvalue weighted by molar-refractivity contribution is 5.62. The van der Waals surface area contributed by atoms with Crippen LogP contribution in [0, 0.1) is 11.3 Å². The summed E-state index contributed by atoms with van der Waals surface area (Å²) in [6.07, 6.45) is 4.34. The van der Waals surface area contributed by atoms with E-state index < -0.39 is 0 Å². The highest BCUT2D eigenvalue weighted by atomic mass is 16.5. The van der Waals surface area contributed by atoms with Crippen LogP contribution in [0.5, 0.6) is 5.75 Å². The molecule has 5 nitrogen and oxygen atoms in total. The molecule has 0 N–H and O–H groups in total. The maximum Gasteiger partial charge on any atom is 0.137 e. The Kier molecular flexibility index (Phi) is 5.15. The minimum Gasteiger partial charge on any atom is -0.495 e. The molecular formula is C12H12N4O. The van der Waals surface area contributed by atoms with Crippen LogP contribution < -0.4 is 4.74 Å². The molecule has 0 aliphatic rings. The smallest absolute Gasteiger partial charge is 0.137 e. The fraction of sp³-hybridized carbons (Fsp3) is 0.250. The molecule has 0 heterocycles. The number of ether oxygens (including phenoxy) is 1. The average Bonchev–Trinajstić information content (AvgIpc) is 2.38. The SMILES string of the molecule is COc1cccc(C=CCCN=[N+]=[N-])c1C#N. The van der Waals surface area contributed by atoms with Gasteiger partial charge in [-0.05, 0) is 23.6 Å². The Morgan fingerprint density at radius 2 is 2.41 bits per heavy atom. The Bertz CT molecular complexity index is 496. The Balaban J connectivity index is 2.84. The summed E-state index contributed by atoms with van der Waals surface area (Å²) in [5, 5.41) is 12.5. The molecule has 0 aliphatic heterocycles. The Labute approximate surface area is 99.6 Å². The lowest BCUT2D eigenvalue weighted by Crippen LogP contribution is -1.90. The molecule has 86 valence electrons. The van der Waals surface area contributed by atoms with Crippen LogP contribution in [0.1, 0.15) is 17.5 Å². The fourth-order valence-electron chi connectivity index (χ4n) is 1.36. The number of benzene rings is 1. The third kappa shape index (κ3) is 3.56. The van der Waals surface area contributed by atoms with Crippen molar-refractivity contribution in [3.63, 3.8) is 0 Å². The van der Waals surface area contributed by atoms with E-state index in [-0.39, 0.29) is 0 Å². The number of nitrogens with zero attached hydrogens (tertiary/aromatic N) is 4. The van der Waals surface area contributed by atoms with Crippen molar-refractivity contribution >= 4 is 6.08 Å². The predicted molar refractivity (Wildman–Crippen MR) is 65.4 cm³/mol. The molecule has 0 bridgehead atoms. The minimum atomic E-state index is 0.416. The molecule has 5 heteroatoms. The van der Waals surface area contributed by atoms with Gasteiger partial charge >= 0.3 is 0 Å². The monoisotopic (exact) mass is 228 g/mol. The van der Waals surface area contributed by atoms with Gasteiger partial charge in [0.2, 0.25) is 0 Å². The van der Waals surface area contributed by atoms with Gasteiger partial charge < -0.3 is 4.74 Å². The van der Waals surface area contributed by atoms with Gasteiger partial charge in [-0.1, -0.05) is 29.4 Å². The van der Waals surface area contributed by atoms with E-state index in [9.17, 15) is 0 Å². The lowest BCUT2D eigenvalue weighted by Gasteiger charge is -2.04. The van der Waals surface area contributed by atoms with Gasteiger partial charge in [-0.25, -0.2) is 0 Å². The van der Waals surface area contributed by atoms with Gasteiger partial charge in [0.1, 0.15) is 17.4 Å². The van der Waals surface area contributed by atoms with Crippen LogP contribution in [0.25, 0.3) is 16.5 Å². The van der Waals surface area contributed by atoms with E-state index in [0.29, 0.717) is 24.3 Å². The third-order valence-corrected chi connectivity index (χ3v) is 2.15. The fourth-order valence-corrected chi connectivity index (χ4v) is 1.36. The van der Waals surface area contributed by atoms with Gasteiger partial charge in [0.15, 0.2) is 0 Å². The number of methoxy groups -OCH3 is 1. The van der Waals surface area contributed by atoms with Gasteiger partial charge in [0, 0.05) is 11.5 Å². The molecule has 0 aromatic heterocycles. The van der Waals surface area contributed by atoms with Crippen LogP contribution in [0.4, 0.5) is 0 Å². The summed E-state index contributed by atoms with van der Waals surface area (Å²) in [4.78, 5) is 2.66. The molecule has 0 spiro atoms. The zero-order valence-electron chi connectivity index (χ0n) is 9.50. The van der Waals surface area contributed by atoms with Crippen LogP contribution in [-0.2, 0) is 0 Å². The van der Waals surface area contributed by atoms with E-state index >= 15 is 0 Å². The molecule has 0 unspecified atom stereocenters. The topological polar surface area (TPSA) is 81.8 Å². The van der Waals surface area contributed by atoms with Gasteiger partial charge in [-0.3, -0.25) is 0 Å². The first-order valence-corrected chi connectivity index (χ1v) is 5.08. The summed E-state index contributed by atoms with van der Waals surface area (Å²) in [5.41, 5.74) is 9.42. The van der Waals surface area contributed by atoms with Crippen LogP contribution in [0.2, 0.25) is 0 Å². The minimum absolute atomic E-state index is 0.416. The van der Waals surface area contributed by atoms with E-state index in [1.54, 1.807) is 6.07 Å². The maximum absolute atomic E-state index is 9.04. The molecule has 1 rings (SSSR count). The second-order valence-electron chi connectivity index (χ2n) is 3.18. The van der Waals surface area contributed by atoms with Crippen molar-refractivity contribution in [1.29, 1.82) is 5.26 Å². The predicted octanol–water partition coefficient (Wildman–Crippen LogP) is 3.28. The van der Waals surface area contributed by atoms with Crippen molar-refractivity contribution < 1.29 is 4.74 Å². The van der Waals surface area contributed by atoms with Gasteiger partial charge in [0.25, 0.3) is 0 Å². The highest BCUT2D eigenvalue weighted by Crippen LogP contribution is 2.22. The zero-order chi connectivity index (χ0) is 12.5. The summed E-state index contributed by atoms with van der Waals surface area (Å²) in [7, 11) is 1.53. The molecule has 0 fully saturated rings. The zero-order valence-corrected chi connectivity index (χ0v) is 9.50. The number of azide groups is 1. The Hall–Kier alpha value is -2.44. The second-order valence-corrected chi connectivity index (χ2v) is 3.18.